The summed E-state index contributed by atoms with van der Waals surface area (Å²) >= 11 is 0. The van der Waals surface area contributed by atoms with E-state index in [1.54, 1.807) is 17.2 Å². The maximum Gasteiger partial charge on any atom is 0.247 e. The van der Waals surface area contributed by atoms with Crippen molar-refractivity contribution >= 4 is 17.9 Å². The molecule has 0 unspecified atom stereocenters. The topological polar surface area (TPSA) is 53.5 Å². The summed E-state index contributed by atoms with van der Waals surface area (Å²) in [7, 11) is 0. The summed E-state index contributed by atoms with van der Waals surface area (Å²) in [5.74, 6) is -0.246. The lowest BCUT2D eigenvalue weighted by Crippen LogP contribution is -2.52. The van der Waals surface area contributed by atoms with E-state index in [0.29, 0.717) is 26.1 Å². The van der Waals surface area contributed by atoms with E-state index < -0.39 is 6.04 Å². The van der Waals surface area contributed by atoms with E-state index in [9.17, 15) is 9.59 Å². The largest absolute Gasteiger partial charge is 0.336 e. The van der Waals surface area contributed by atoms with Gasteiger partial charge in [0, 0.05) is 44.0 Å². The molecule has 0 radical (unpaired) electrons. The predicted molar refractivity (Wildman–Crippen MR) is 164 cm³/mol. The molecule has 0 N–H and O–H groups in total. The molecular formula is C36H37N3O2. The fourth-order valence-electron chi connectivity index (χ4n) is 5.30. The molecule has 208 valence electrons. The molecule has 0 saturated heterocycles. The summed E-state index contributed by atoms with van der Waals surface area (Å²) in [6.45, 7) is 5.66. The lowest BCUT2D eigenvalue weighted by Gasteiger charge is -2.36. The number of aromatic nitrogens is 1. The van der Waals surface area contributed by atoms with Crippen molar-refractivity contribution < 1.29 is 9.59 Å². The Bertz CT molecular complexity index is 1490. The molecule has 5 nitrogen and oxygen atoms in total. The van der Waals surface area contributed by atoms with Gasteiger partial charge in [0.05, 0.1) is 0 Å². The van der Waals surface area contributed by atoms with Gasteiger partial charge < -0.3 is 9.80 Å². The molecule has 41 heavy (non-hydrogen) atoms. The van der Waals surface area contributed by atoms with Gasteiger partial charge in [-0.1, -0.05) is 91.3 Å². The zero-order valence-corrected chi connectivity index (χ0v) is 23.9. The minimum absolute atomic E-state index is 0.0487. The monoisotopic (exact) mass is 543 g/mol. The summed E-state index contributed by atoms with van der Waals surface area (Å²) in [5, 5.41) is 0. The van der Waals surface area contributed by atoms with Crippen molar-refractivity contribution in [3.8, 4) is 0 Å². The number of benzene rings is 3. The van der Waals surface area contributed by atoms with Gasteiger partial charge in [-0.05, 0) is 65.8 Å². The van der Waals surface area contributed by atoms with Crippen molar-refractivity contribution in [2.24, 2.45) is 0 Å². The number of nitrogens with zero attached hydrogens (tertiary/aromatic N) is 3. The van der Waals surface area contributed by atoms with Crippen molar-refractivity contribution in [2.45, 2.75) is 52.2 Å². The van der Waals surface area contributed by atoms with Crippen molar-refractivity contribution in [3.63, 3.8) is 0 Å². The number of amides is 2. The zero-order chi connectivity index (χ0) is 28.6. The molecule has 0 saturated carbocycles. The number of carbonyl (C=O) groups excluding carboxylic acids is 2. The first-order chi connectivity index (χ1) is 20.0. The van der Waals surface area contributed by atoms with Crippen LogP contribution in [0.2, 0.25) is 0 Å². The third-order valence-electron chi connectivity index (χ3n) is 7.80. The van der Waals surface area contributed by atoms with Gasteiger partial charge in [-0.15, -0.1) is 0 Å². The van der Waals surface area contributed by atoms with Crippen LogP contribution in [0.4, 0.5) is 0 Å². The summed E-state index contributed by atoms with van der Waals surface area (Å²) in [4.78, 5) is 36.5. The summed E-state index contributed by atoms with van der Waals surface area (Å²) in [6, 6.07) is 29.6. The number of rotatable bonds is 9. The van der Waals surface area contributed by atoms with Crippen LogP contribution in [0.15, 0.2) is 103 Å². The van der Waals surface area contributed by atoms with Crippen LogP contribution in [0.5, 0.6) is 0 Å². The van der Waals surface area contributed by atoms with Crippen LogP contribution >= 0.6 is 0 Å². The Morgan fingerprint density at radius 3 is 2.32 bits per heavy atom. The summed E-state index contributed by atoms with van der Waals surface area (Å²) in [6.07, 6.45) is 7.25. The van der Waals surface area contributed by atoms with E-state index in [0.717, 1.165) is 40.8 Å². The molecule has 0 fully saturated rings. The number of aryl methyl sites for hydroxylation is 2. The normalized spacial score (nSPS) is 13.6. The second-order valence-electron chi connectivity index (χ2n) is 10.7. The minimum atomic E-state index is -0.698. The Kier molecular flexibility index (Phi) is 9.05. The van der Waals surface area contributed by atoms with Gasteiger partial charge in [-0.2, -0.15) is 0 Å². The van der Waals surface area contributed by atoms with E-state index in [4.69, 9.17) is 0 Å². The van der Waals surface area contributed by atoms with Gasteiger partial charge in [0.15, 0.2) is 0 Å². The van der Waals surface area contributed by atoms with Gasteiger partial charge in [-0.3, -0.25) is 14.6 Å². The van der Waals surface area contributed by atoms with Crippen LogP contribution < -0.4 is 0 Å². The number of carbonyl (C=O) groups is 2. The van der Waals surface area contributed by atoms with Crippen molar-refractivity contribution in [2.75, 3.05) is 6.54 Å². The third-order valence-corrected chi connectivity index (χ3v) is 7.80. The SMILES string of the molecule is CCc1ccc(CN(C(=O)C=Cc2ccc(C)cc2)[C@@H](Cc2ccccn2)C(=O)N2CCc3ccccc3C2)cc1. The van der Waals surface area contributed by atoms with Gasteiger partial charge >= 0.3 is 0 Å². The number of pyridine rings is 1. The Balaban J connectivity index is 1.49. The highest BCUT2D eigenvalue weighted by Crippen LogP contribution is 2.23. The lowest BCUT2D eigenvalue weighted by atomic mass is 9.98. The Morgan fingerprint density at radius 1 is 0.902 bits per heavy atom. The summed E-state index contributed by atoms with van der Waals surface area (Å²) in [5.41, 5.74) is 7.55. The predicted octanol–water partition coefficient (Wildman–Crippen LogP) is 6.19. The fourth-order valence-corrected chi connectivity index (χ4v) is 5.30. The van der Waals surface area contributed by atoms with E-state index in [-0.39, 0.29) is 11.8 Å². The smallest absolute Gasteiger partial charge is 0.247 e. The van der Waals surface area contributed by atoms with E-state index in [2.05, 4.69) is 48.3 Å². The first-order valence-electron chi connectivity index (χ1n) is 14.4. The van der Waals surface area contributed by atoms with Crippen molar-refractivity contribution in [1.82, 2.24) is 14.8 Å². The van der Waals surface area contributed by atoms with Gasteiger partial charge in [0.2, 0.25) is 11.8 Å². The molecule has 1 aliphatic heterocycles. The second-order valence-corrected chi connectivity index (χ2v) is 10.7. The molecule has 5 rings (SSSR count). The zero-order valence-electron chi connectivity index (χ0n) is 23.9. The molecule has 0 bridgehead atoms. The highest BCUT2D eigenvalue weighted by Gasteiger charge is 2.34. The van der Waals surface area contributed by atoms with Crippen LogP contribution in [-0.4, -0.2) is 39.2 Å². The Morgan fingerprint density at radius 2 is 1.61 bits per heavy atom. The maximum atomic E-state index is 14.3. The molecule has 2 heterocycles. The first-order valence-corrected chi connectivity index (χ1v) is 14.4. The molecule has 1 aromatic heterocycles. The van der Waals surface area contributed by atoms with Gasteiger partial charge in [0.1, 0.15) is 6.04 Å². The molecule has 3 aromatic carbocycles. The quantitative estimate of drug-likeness (QED) is 0.237. The average molecular weight is 544 g/mol. The standard InChI is InChI=1S/C36H37N3O2/c1-3-28-15-17-30(18-16-28)25-39(35(40)20-19-29-13-11-27(2)12-14-29)34(24-33-10-6-7-22-37-33)36(41)38-23-21-31-8-4-5-9-32(31)26-38/h4-20,22,34H,3,21,23-26H2,1-2H3/t34-/m0/s1. The molecule has 4 aromatic rings. The highest BCUT2D eigenvalue weighted by atomic mass is 16.2. The molecule has 2 amide bonds. The number of hydrogen-bond donors (Lipinski definition) is 0. The number of hydrogen-bond acceptors (Lipinski definition) is 3. The highest BCUT2D eigenvalue weighted by molar-refractivity contribution is 5.95. The fraction of sp³-hybridized carbons (Fsp3) is 0.250. The second kappa shape index (κ2) is 13.2. The van der Waals surface area contributed by atoms with Crippen molar-refractivity contribution in [3.05, 3.63) is 142 Å². The van der Waals surface area contributed by atoms with Crippen LogP contribution in [-0.2, 0) is 41.9 Å². The molecule has 0 aliphatic carbocycles. The lowest BCUT2D eigenvalue weighted by molar-refractivity contribution is -0.144. The van der Waals surface area contributed by atoms with Crippen LogP contribution in [0.3, 0.4) is 0 Å². The van der Waals surface area contributed by atoms with Crippen LogP contribution in [0.25, 0.3) is 6.08 Å². The Labute approximate surface area is 243 Å². The Hall–Kier alpha value is -4.51. The first kappa shape index (κ1) is 28.0. The van der Waals surface area contributed by atoms with Gasteiger partial charge in [-0.25, -0.2) is 0 Å². The van der Waals surface area contributed by atoms with Crippen LogP contribution in [0.1, 0.15) is 46.0 Å². The van der Waals surface area contributed by atoms with E-state index >= 15 is 0 Å². The third kappa shape index (κ3) is 7.17. The van der Waals surface area contributed by atoms with E-state index in [1.165, 1.54) is 11.1 Å². The van der Waals surface area contributed by atoms with Crippen molar-refractivity contribution in [1.29, 1.82) is 0 Å². The summed E-state index contributed by atoms with van der Waals surface area (Å²) < 4.78 is 0. The molecule has 1 aliphatic rings. The average Bonchev–Trinajstić information content (AvgIpc) is 3.02. The molecular weight excluding hydrogens is 506 g/mol. The molecule has 5 heteroatoms. The van der Waals surface area contributed by atoms with E-state index in [1.807, 2.05) is 72.5 Å². The van der Waals surface area contributed by atoms with Crippen LogP contribution in [0, 0.1) is 6.92 Å². The van der Waals surface area contributed by atoms with Gasteiger partial charge in [0.25, 0.3) is 0 Å². The maximum absolute atomic E-state index is 14.3. The number of fused-ring (bicyclic) bond motifs is 1. The molecule has 0 spiro atoms. The minimum Gasteiger partial charge on any atom is -0.336 e. The molecule has 1 atom stereocenters.